The van der Waals surface area contributed by atoms with Crippen LogP contribution in [0.1, 0.15) is 20.8 Å². The molecule has 1 heterocycles. The van der Waals surface area contributed by atoms with Crippen LogP contribution >= 0.6 is 0 Å². The highest BCUT2D eigenvalue weighted by atomic mass is 16.7. The largest absolute Gasteiger partial charge is 0.393 e. The maximum absolute atomic E-state index is 9.92. The quantitative estimate of drug-likeness (QED) is 0.410. The van der Waals surface area contributed by atoms with Crippen LogP contribution in [0.5, 0.6) is 0 Å². The van der Waals surface area contributed by atoms with E-state index in [-0.39, 0.29) is 0 Å². The fourth-order valence-electron chi connectivity index (χ4n) is 1.44. The van der Waals surface area contributed by atoms with Gasteiger partial charge in [0.2, 0.25) is 0 Å². The van der Waals surface area contributed by atoms with Gasteiger partial charge in [0.25, 0.3) is 0 Å². The fraction of sp³-hybridized carbons (Fsp3) is 1.00. The summed E-state index contributed by atoms with van der Waals surface area (Å²) in [5, 5.41) is 38.0. The molecule has 1 saturated heterocycles. The molecule has 0 unspecified atom stereocenters. The molecule has 0 saturated carbocycles. The number of ether oxygens (including phenoxy) is 1. The Morgan fingerprint density at radius 1 is 1.23 bits per heavy atom. The van der Waals surface area contributed by atoms with E-state index in [0.717, 1.165) is 0 Å². The summed E-state index contributed by atoms with van der Waals surface area (Å²) in [6.45, 7) is 3.53. The van der Waals surface area contributed by atoms with Gasteiger partial charge in [-0.25, -0.2) is 0 Å². The average molecular weight is 192 g/mol. The van der Waals surface area contributed by atoms with Crippen molar-refractivity contribution < 1.29 is 25.2 Å². The third-order valence-electron chi connectivity index (χ3n) is 3.17. The maximum atomic E-state index is 9.92. The number of hydrogen-bond acceptors (Lipinski definition) is 5. The highest BCUT2D eigenvalue weighted by molar-refractivity contribution is 5.13. The zero-order valence-electron chi connectivity index (χ0n) is 7.98. The third kappa shape index (κ3) is 1.12. The van der Waals surface area contributed by atoms with Gasteiger partial charge in [0.1, 0.15) is 16.8 Å². The monoisotopic (exact) mass is 192 g/mol. The predicted octanol–water partition coefficient (Wildman–Crippen LogP) is -1.41. The van der Waals surface area contributed by atoms with Gasteiger partial charge in [-0.3, -0.25) is 0 Å². The second-order valence-corrected chi connectivity index (χ2v) is 4.08. The van der Waals surface area contributed by atoms with E-state index >= 15 is 0 Å². The van der Waals surface area contributed by atoms with Crippen LogP contribution in [0.3, 0.4) is 0 Å². The second-order valence-electron chi connectivity index (χ2n) is 4.08. The third-order valence-corrected chi connectivity index (χ3v) is 3.17. The fourth-order valence-corrected chi connectivity index (χ4v) is 1.44. The molecule has 0 aromatic rings. The van der Waals surface area contributed by atoms with Crippen LogP contribution in [0.15, 0.2) is 0 Å². The first kappa shape index (κ1) is 10.9. The molecule has 1 aliphatic rings. The topological polar surface area (TPSA) is 90.2 Å². The van der Waals surface area contributed by atoms with Gasteiger partial charge in [-0.2, -0.15) is 0 Å². The lowest BCUT2D eigenvalue weighted by Crippen LogP contribution is -2.60. The van der Waals surface area contributed by atoms with Crippen molar-refractivity contribution in [3.8, 4) is 0 Å². The van der Waals surface area contributed by atoms with Crippen molar-refractivity contribution in [1.29, 1.82) is 0 Å². The van der Waals surface area contributed by atoms with Crippen LogP contribution in [0, 0.1) is 0 Å². The SMILES string of the molecule is C[C@@]1(O)[C@@](C)(CO)O[C@@H](O)[C@@]1(C)O. The molecule has 0 bridgehead atoms. The first-order chi connectivity index (χ1) is 5.69. The molecule has 1 rings (SSSR count). The normalized spacial score (nSPS) is 57.0. The summed E-state index contributed by atoms with van der Waals surface area (Å²) in [5.41, 5.74) is -4.84. The molecule has 13 heavy (non-hydrogen) atoms. The molecular formula is C8H16O5. The summed E-state index contributed by atoms with van der Waals surface area (Å²) < 4.78 is 4.93. The van der Waals surface area contributed by atoms with Crippen LogP contribution in [0.2, 0.25) is 0 Å². The number of rotatable bonds is 1. The minimum absolute atomic E-state index is 0.479. The molecule has 78 valence electrons. The van der Waals surface area contributed by atoms with Crippen LogP contribution in [0.4, 0.5) is 0 Å². The molecule has 5 heteroatoms. The van der Waals surface area contributed by atoms with Crippen molar-refractivity contribution in [2.24, 2.45) is 0 Å². The van der Waals surface area contributed by atoms with Gasteiger partial charge in [0.05, 0.1) is 6.61 Å². The van der Waals surface area contributed by atoms with Crippen LogP contribution < -0.4 is 0 Å². The van der Waals surface area contributed by atoms with Gasteiger partial charge >= 0.3 is 0 Å². The van der Waals surface area contributed by atoms with E-state index in [1.807, 2.05) is 0 Å². The Hall–Kier alpha value is -0.200. The summed E-state index contributed by atoms with van der Waals surface area (Å²) in [6, 6.07) is 0. The standard InChI is InChI=1S/C8H16O5/c1-6(4-9)8(3,12)7(2,11)5(10)13-6/h5,9-12H,4H2,1-3H3/t5-,6-,7-,8-/m1/s1. The Bertz CT molecular complexity index is 213. The van der Waals surface area contributed by atoms with Crippen molar-refractivity contribution in [2.75, 3.05) is 6.61 Å². The van der Waals surface area contributed by atoms with E-state index in [2.05, 4.69) is 0 Å². The van der Waals surface area contributed by atoms with E-state index < -0.39 is 29.7 Å². The van der Waals surface area contributed by atoms with Crippen LogP contribution in [-0.2, 0) is 4.74 Å². The first-order valence-corrected chi connectivity index (χ1v) is 4.10. The lowest BCUT2D eigenvalue weighted by Gasteiger charge is -2.38. The predicted molar refractivity (Wildman–Crippen MR) is 43.8 cm³/mol. The van der Waals surface area contributed by atoms with Crippen molar-refractivity contribution in [1.82, 2.24) is 0 Å². The van der Waals surface area contributed by atoms with E-state index in [1.165, 1.54) is 20.8 Å². The van der Waals surface area contributed by atoms with E-state index in [0.29, 0.717) is 0 Å². The lowest BCUT2D eigenvalue weighted by molar-refractivity contribution is -0.185. The summed E-state index contributed by atoms with van der Waals surface area (Å²) in [7, 11) is 0. The smallest absolute Gasteiger partial charge is 0.187 e. The Labute approximate surface area is 76.6 Å². The second kappa shape index (κ2) is 2.65. The summed E-state index contributed by atoms with van der Waals surface area (Å²) in [6.07, 6.45) is -1.50. The van der Waals surface area contributed by atoms with Gasteiger partial charge in [-0.15, -0.1) is 0 Å². The van der Waals surface area contributed by atoms with Gasteiger partial charge < -0.3 is 25.2 Å². The highest BCUT2D eigenvalue weighted by Gasteiger charge is 2.66. The molecule has 0 amide bonds. The van der Waals surface area contributed by atoms with Gasteiger partial charge in [0, 0.05) is 0 Å². The molecule has 1 fully saturated rings. The Kier molecular flexibility index (Phi) is 2.22. The summed E-state index contributed by atoms with van der Waals surface area (Å²) in [4.78, 5) is 0. The van der Waals surface area contributed by atoms with Gasteiger partial charge in [-0.1, -0.05) is 0 Å². The number of aliphatic hydroxyl groups excluding tert-OH is 2. The zero-order valence-corrected chi connectivity index (χ0v) is 7.98. The van der Waals surface area contributed by atoms with E-state index in [1.54, 1.807) is 0 Å². The maximum Gasteiger partial charge on any atom is 0.187 e. The zero-order chi connectivity index (χ0) is 10.5. The van der Waals surface area contributed by atoms with Crippen LogP contribution in [0.25, 0.3) is 0 Å². The molecule has 1 aliphatic heterocycles. The molecule has 5 nitrogen and oxygen atoms in total. The minimum Gasteiger partial charge on any atom is -0.393 e. The van der Waals surface area contributed by atoms with Crippen molar-refractivity contribution >= 4 is 0 Å². The molecule has 0 aliphatic carbocycles. The van der Waals surface area contributed by atoms with Gasteiger partial charge in [-0.05, 0) is 20.8 Å². The van der Waals surface area contributed by atoms with Crippen molar-refractivity contribution in [2.45, 2.75) is 43.9 Å². The average Bonchev–Trinajstić information content (AvgIpc) is 2.12. The molecule has 0 aromatic heterocycles. The Balaban J connectivity index is 3.11. The van der Waals surface area contributed by atoms with Crippen LogP contribution in [-0.4, -0.2) is 50.1 Å². The summed E-state index contributed by atoms with van der Waals surface area (Å²) >= 11 is 0. The van der Waals surface area contributed by atoms with Crippen molar-refractivity contribution in [3.05, 3.63) is 0 Å². The Morgan fingerprint density at radius 2 is 1.69 bits per heavy atom. The molecule has 4 atom stereocenters. The number of aliphatic hydroxyl groups is 4. The molecule has 0 spiro atoms. The molecule has 0 radical (unpaired) electrons. The molecule has 4 N–H and O–H groups in total. The molecule has 0 aromatic carbocycles. The van der Waals surface area contributed by atoms with E-state index in [4.69, 9.17) is 9.84 Å². The Morgan fingerprint density at radius 3 is 1.85 bits per heavy atom. The highest BCUT2D eigenvalue weighted by Crippen LogP contribution is 2.45. The minimum atomic E-state index is -1.79. The van der Waals surface area contributed by atoms with Gasteiger partial charge in [0.15, 0.2) is 6.29 Å². The number of hydrogen-bond donors (Lipinski definition) is 4. The lowest BCUT2D eigenvalue weighted by atomic mass is 9.77. The first-order valence-electron chi connectivity index (χ1n) is 4.10. The molecular weight excluding hydrogens is 176 g/mol. The van der Waals surface area contributed by atoms with Crippen molar-refractivity contribution in [3.63, 3.8) is 0 Å². The summed E-state index contributed by atoms with van der Waals surface area (Å²) in [5.74, 6) is 0. The van der Waals surface area contributed by atoms with E-state index in [9.17, 15) is 15.3 Å².